The van der Waals surface area contributed by atoms with E-state index in [2.05, 4.69) is 10.6 Å². The maximum atomic E-state index is 5.68. The lowest BCUT2D eigenvalue weighted by molar-refractivity contribution is 0.242. The van der Waals surface area contributed by atoms with Crippen molar-refractivity contribution >= 4 is 23.0 Å². The Bertz CT molecular complexity index is 674. The smallest absolute Gasteiger partial charge is 0.171 e. The predicted octanol–water partition coefficient (Wildman–Crippen LogP) is 4.36. The number of thiocarbonyl (C=S) groups is 1. The average molecular weight is 344 g/mol. The molecule has 0 aliphatic carbocycles. The van der Waals surface area contributed by atoms with E-state index in [1.54, 1.807) is 0 Å². The molecule has 0 radical (unpaired) electrons. The Labute approximate surface area is 149 Å². The van der Waals surface area contributed by atoms with Crippen molar-refractivity contribution in [2.24, 2.45) is 0 Å². The summed E-state index contributed by atoms with van der Waals surface area (Å²) in [6.45, 7) is 7.27. The van der Waals surface area contributed by atoms with Crippen LogP contribution < -0.4 is 20.1 Å². The maximum Gasteiger partial charge on any atom is 0.171 e. The van der Waals surface area contributed by atoms with Gasteiger partial charge in [-0.3, -0.25) is 0 Å². The Balaban J connectivity index is 1.88. The molecule has 0 unspecified atom stereocenters. The van der Waals surface area contributed by atoms with Gasteiger partial charge in [0.05, 0.1) is 12.7 Å². The van der Waals surface area contributed by atoms with Crippen LogP contribution in [-0.4, -0.2) is 17.8 Å². The SMILES string of the molecule is CCOc1cccc(CNC(=S)Nc2cccc(OC(C)C)c2)c1. The summed E-state index contributed by atoms with van der Waals surface area (Å²) in [6.07, 6.45) is 0.142. The average Bonchev–Trinajstić information content (AvgIpc) is 2.53. The lowest BCUT2D eigenvalue weighted by atomic mass is 10.2. The molecule has 0 fully saturated rings. The highest BCUT2D eigenvalue weighted by atomic mass is 32.1. The number of hydrogen-bond donors (Lipinski definition) is 2. The second kappa shape index (κ2) is 9.13. The number of benzene rings is 2. The molecule has 2 rings (SSSR count). The molecule has 5 heteroatoms. The van der Waals surface area contributed by atoms with E-state index in [4.69, 9.17) is 21.7 Å². The number of ether oxygens (including phenoxy) is 2. The van der Waals surface area contributed by atoms with Crippen LogP contribution >= 0.6 is 12.2 Å². The number of anilines is 1. The van der Waals surface area contributed by atoms with Crippen molar-refractivity contribution in [2.75, 3.05) is 11.9 Å². The third kappa shape index (κ3) is 6.08. The van der Waals surface area contributed by atoms with Gasteiger partial charge in [-0.25, -0.2) is 0 Å². The molecule has 0 aliphatic heterocycles. The van der Waals surface area contributed by atoms with Crippen molar-refractivity contribution in [1.29, 1.82) is 0 Å². The third-order valence-electron chi connectivity index (χ3n) is 3.13. The Kier molecular flexibility index (Phi) is 6.88. The Morgan fingerprint density at radius 1 is 1.08 bits per heavy atom. The Morgan fingerprint density at radius 2 is 1.83 bits per heavy atom. The molecular weight excluding hydrogens is 320 g/mol. The van der Waals surface area contributed by atoms with Crippen molar-refractivity contribution in [2.45, 2.75) is 33.4 Å². The van der Waals surface area contributed by atoms with E-state index in [-0.39, 0.29) is 6.10 Å². The summed E-state index contributed by atoms with van der Waals surface area (Å²) in [5.41, 5.74) is 2.01. The van der Waals surface area contributed by atoms with Crippen molar-refractivity contribution in [3.63, 3.8) is 0 Å². The lowest BCUT2D eigenvalue weighted by Crippen LogP contribution is -2.27. The van der Waals surface area contributed by atoms with Gasteiger partial charge in [-0.2, -0.15) is 0 Å². The normalized spacial score (nSPS) is 10.3. The van der Waals surface area contributed by atoms with Crippen molar-refractivity contribution in [1.82, 2.24) is 5.32 Å². The van der Waals surface area contributed by atoms with Gasteiger partial charge in [0.1, 0.15) is 11.5 Å². The van der Waals surface area contributed by atoms with Gasteiger partial charge in [0.25, 0.3) is 0 Å². The van der Waals surface area contributed by atoms with Gasteiger partial charge in [-0.05, 0) is 62.8 Å². The predicted molar refractivity (Wildman–Crippen MR) is 103 cm³/mol. The first-order valence-corrected chi connectivity index (χ1v) is 8.51. The van der Waals surface area contributed by atoms with Crippen LogP contribution in [-0.2, 0) is 6.54 Å². The molecule has 4 nitrogen and oxygen atoms in total. The van der Waals surface area contributed by atoms with Crippen LogP contribution in [0.4, 0.5) is 5.69 Å². The van der Waals surface area contributed by atoms with E-state index < -0.39 is 0 Å². The summed E-state index contributed by atoms with van der Waals surface area (Å²) >= 11 is 5.36. The highest BCUT2D eigenvalue weighted by molar-refractivity contribution is 7.80. The molecule has 0 saturated heterocycles. The second-order valence-corrected chi connectivity index (χ2v) is 5.99. The van der Waals surface area contributed by atoms with Crippen LogP contribution in [0.2, 0.25) is 0 Å². The quantitative estimate of drug-likeness (QED) is 0.731. The van der Waals surface area contributed by atoms with Crippen LogP contribution in [0.15, 0.2) is 48.5 Å². The van der Waals surface area contributed by atoms with Gasteiger partial charge >= 0.3 is 0 Å². The van der Waals surface area contributed by atoms with E-state index in [0.717, 1.165) is 22.7 Å². The Morgan fingerprint density at radius 3 is 2.58 bits per heavy atom. The first-order chi connectivity index (χ1) is 11.6. The highest BCUT2D eigenvalue weighted by Crippen LogP contribution is 2.18. The van der Waals surface area contributed by atoms with E-state index in [1.165, 1.54) is 0 Å². The van der Waals surface area contributed by atoms with E-state index in [9.17, 15) is 0 Å². The van der Waals surface area contributed by atoms with Gasteiger partial charge in [0.2, 0.25) is 0 Å². The van der Waals surface area contributed by atoms with Crippen LogP contribution in [0.3, 0.4) is 0 Å². The molecular formula is C19H24N2O2S. The molecule has 0 aromatic heterocycles. The topological polar surface area (TPSA) is 42.5 Å². The monoisotopic (exact) mass is 344 g/mol. The van der Waals surface area contributed by atoms with Gasteiger partial charge in [-0.1, -0.05) is 18.2 Å². The van der Waals surface area contributed by atoms with Gasteiger partial charge in [-0.15, -0.1) is 0 Å². The second-order valence-electron chi connectivity index (χ2n) is 5.58. The van der Waals surface area contributed by atoms with Crippen molar-refractivity contribution in [3.8, 4) is 11.5 Å². The summed E-state index contributed by atoms with van der Waals surface area (Å²) in [6, 6.07) is 15.7. The summed E-state index contributed by atoms with van der Waals surface area (Å²) < 4.78 is 11.2. The highest BCUT2D eigenvalue weighted by Gasteiger charge is 2.02. The van der Waals surface area contributed by atoms with Crippen LogP contribution in [0.1, 0.15) is 26.3 Å². The summed E-state index contributed by atoms with van der Waals surface area (Å²) in [7, 11) is 0. The first-order valence-electron chi connectivity index (χ1n) is 8.10. The third-order valence-corrected chi connectivity index (χ3v) is 3.37. The van der Waals surface area contributed by atoms with Gasteiger partial charge in [0, 0.05) is 18.3 Å². The minimum Gasteiger partial charge on any atom is -0.494 e. The zero-order valence-corrected chi connectivity index (χ0v) is 15.2. The molecule has 24 heavy (non-hydrogen) atoms. The van der Waals surface area contributed by atoms with Crippen molar-refractivity contribution < 1.29 is 9.47 Å². The van der Waals surface area contributed by atoms with Crippen LogP contribution in [0, 0.1) is 0 Å². The minimum atomic E-state index is 0.142. The molecule has 0 bridgehead atoms. The fourth-order valence-corrected chi connectivity index (χ4v) is 2.38. The molecule has 0 saturated carbocycles. The maximum absolute atomic E-state index is 5.68. The van der Waals surface area contributed by atoms with Gasteiger partial charge in [0.15, 0.2) is 5.11 Å². The molecule has 0 amide bonds. The van der Waals surface area contributed by atoms with Crippen molar-refractivity contribution in [3.05, 3.63) is 54.1 Å². The molecule has 0 spiro atoms. The first kappa shape index (κ1) is 18.1. The molecule has 0 aliphatic rings. The summed E-state index contributed by atoms with van der Waals surface area (Å²) in [5, 5.41) is 6.94. The summed E-state index contributed by atoms with van der Waals surface area (Å²) in [4.78, 5) is 0. The zero-order valence-electron chi connectivity index (χ0n) is 14.3. The molecule has 0 atom stereocenters. The largest absolute Gasteiger partial charge is 0.494 e. The number of hydrogen-bond acceptors (Lipinski definition) is 3. The molecule has 2 N–H and O–H groups in total. The minimum absolute atomic E-state index is 0.142. The van der Waals surface area contributed by atoms with Gasteiger partial charge < -0.3 is 20.1 Å². The molecule has 0 heterocycles. The number of rotatable bonds is 7. The Hall–Kier alpha value is -2.27. The van der Waals surface area contributed by atoms with Crippen LogP contribution in [0.5, 0.6) is 11.5 Å². The lowest BCUT2D eigenvalue weighted by Gasteiger charge is -2.14. The molecule has 2 aromatic carbocycles. The fourth-order valence-electron chi connectivity index (χ4n) is 2.19. The van der Waals surface area contributed by atoms with E-state index in [0.29, 0.717) is 18.3 Å². The molecule has 2 aromatic rings. The van der Waals surface area contributed by atoms with E-state index >= 15 is 0 Å². The van der Waals surface area contributed by atoms with Crippen LogP contribution in [0.25, 0.3) is 0 Å². The molecule has 128 valence electrons. The zero-order chi connectivity index (χ0) is 17.4. The fraction of sp³-hybridized carbons (Fsp3) is 0.316. The standard InChI is InChI=1S/C19H24N2O2S/c1-4-22-17-9-5-7-15(11-17)13-20-19(24)21-16-8-6-10-18(12-16)23-14(2)3/h5-12,14H,4,13H2,1-3H3,(H2,20,21,24). The van der Waals surface area contributed by atoms with E-state index in [1.807, 2.05) is 69.3 Å². The number of nitrogens with one attached hydrogen (secondary N) is 2. The summed E-state index contributed by atoms with van der Waals surface area (Å²) in [5.74, 6) is 1.69.